The number of imide groups is 1. The number of non-ortho nitro benzene ring substituents is 1. The first-order valence-electron chi connectivity index (χ1n) is 24.4. The second kappa shape index (κ2) is 20.2. The van der Waals surface area contributed by atoms with Gasteiger partial charge >= 0.3 is 12.1 Å². The van der Waals surface area contributed by atoms with E-state index in [1.54, 1.807) is 54.6 Å². The highest BCUT2D eigenvalue weighted by atomic mass is 16.6. The van der Waals surface area contributed by atoms with E-state index >= 15 is 14.4 Å². The Morgan fingerprint density at radius 1 is 0.795 bits per heavy atom. The molecule has 6 aromatic carbocycles. The molecule has 4 aliphatic rings. The van der Waals surface area contributed by atoms with Crippen LogP contribution < -0.4 is 10.2 Å². The predicted octanol–water partition coefficient (Wildman–Crippen LogP) is 8.59. The molecule has 2 saturated heterocycles. The number of ether oxygens (including phenoxy) is 2. The third-order valence-corrected chi connectivity index (χ3v) is 14.7. The van der Waals surface area contributed by atoms with E-state index in [1.165, 1.54) is 42.5 Å². The van der Waals surface area contributed by atoms with Crippen molar-refractivity contribution in [1.29, 1.82) is 0 Å². The number of rotatable bonds is 10. The number of phenols is 1. The molecule has 10 rings (SSSR count). The molecule has 370 valence electrons. The molecule has 1 aliphatic carbocycles. The lowest BCUT2D eigenvalue weighted by molar-refractivity contribution is -0.384. The van der Waals surface area contributed by atoms with Gasteiger partial charge in [-0.3, -0.25) is 29.4 Å². The number of aliphatic hydroxyl groups excluding tert-OH is 1. The number of amides is 3. The number of phenolic OH excluding ortho intramolecular Hbond substituents is 1. The van der Waals surface area contributed by atoms with Gasteiger partial charge in [0.2, 0.25) is 11.8 Å². The number of hydrogen-bond acceptors (Lipinski definition) is 12. The molecule has 1 spiro atoms. The van der Waals surface area contributed by atoms with E-state index in [0.29, 0.717) is 46.2 Å². The monoisotopic (exact) mass is 980 g/mol. The fourth-order valence-electron chi connectivity index (χ4n) is 11.3. The number of esters is 1. The molecule has 0 aromatic heterocycles. The number of fused-ring (bicyclic) bond motifs is 3. The van der Waals surface area contributed by atoms with Crippen molar-refractivity contribution >= 4 is 35.3 Å². The normalized spacial score (nSPS) is 23.5. The van der Waals surface area contributed by atoms with Crippen LogP contribution in [-0.4, -0.2) is 67.2 Å². The Balaban J connectivity index is 1.21. The van der Waals surface area contributed by atoms with Gasteiger partial charge in [0.05, 0.1) is 34.7 Å². The van der Waals surface area contributed by atoms with Gasteiger partial charge in [-0.05, 0) is 102 Å². The fraction of sp³-hybridized carbons (Fsp3) is 0.276. The average Bonchev–Trinajstić information content (AvgIpc) is 3.75. The fourth-order valence-corrected chi connectivity index (χ4v) is 11.3. The summed E-state index contributed by atoms with van der Waals surface area (Å²) in [4.78, 5) is 76.2. The largest absolute Gasteiger partial charge is 0.508 e. The van der Waals surface area contributed by atoms with E-state index < -0.39 is 82.7 Å². The maximum Gasteiger partial charge on any atom is 0.421 e. The smallest absolute Gasteiger partial charge is 0.421 e. The van der Waals surface area contributed by atoms with E-state index in [4.69, 9.17) is 9.47 Å². The Morgan fingerprint density at radius 2 is 1.42 bits per heavy atom. The number of aromatic hydroxyl groups is 1. The average molecular weight is 981 g/mol. The molecule has 7 atom stereocenters. The zero-order valence-electron chi connectivity index (χ0n) is 39.6. The molecular formula is C58H52N4O11. The number of benzene rings is 6. The summed E-state index contributed by atoms with van der Waals surface area (Å²) in [6.45, 7) is -0.731. The second-order valence-electron chi connectivity index (χ2n) is 19.1. The van der Waals surface area contributed by atoms with Crippen LogP contribution in [0.1, 0.15) is 102 Å². The Morgan fingerprint density at radius 3 is 2.07 bits per heavy atom. The SMILES string of the molecule is O=C1OC(c2ccccc2)C(c2ccccc2)N2C1C(C(=O)NCC(O)c1ccccc1)C1(C(=O)N(C(=O)OCc3ccc([N+](=O)[O-])cc3)c3ccc(C#CC4(O)CCCCCC4)cc31)C2c1ccc(O)cc1. The van der Waals surface area contributed by atoms with Crippen molar-refractivity contribution in [2.75, 3.05) is 11.4 Å². The van der Waals surface area contributed by atoms with Gasteiger partial charge in [0, 0.05) is 24.2 Å². The van der Waals surface area contributed by atoms with E-state index in [0.717, 1.165) is 30.6 Å². The number of morpholine rings is 1. The van der Waals surface area contributed by atoms with Crippen LogP contribution in [0.3, 0.4) is 0 Å². The summed E-state index contributed by atoms with van der Waals surface area (Å²) in [5.74, 6) is 1.93. The molecule has 3 heterocycles. The minimum Gasteiger partial charge on any atom is -0.508 e. The lowest BCUT2D eigenvalue weighted by atomic mass is 9.65. The number of anilines is 1. The number of cyclic esters (lactones) is 1. The summed E-state index contributed by atoms with van der Waals surface area (Å²) in [5.41, 5.74) is -0.551. The zero-order valence-corrected chi connectivity index (χ0v) is 39.6. The molecule has 7 unspecified atom stereocenters. The lowest BCUT2D eigenvalue weighted by Gasteiger charge is -2.46. The van der Waals surface area contributed by atoms with Gasteiger partial charge in [0.25, 0.3) is 5.69 Å². The molecule has 1 saturated carbocycles. The van der Waals surface area contributed by atoms with Crippen molar-refractivity contribution < 1.29 is 48.9 Å². The van der Waals surface area contributed by atoms with Crippen molar-refractivity contribution in [2.24, 2.45) is 5.92 Å². The van der Waals surface area contributed by atoms with Gasteiger partial charge in [0.15, 0.2) is 0 Å². The molecule has 0 radical (unpaired) electrons. The van der Waals surface area contributed by atoms with Crippen LogP contribution in [0.15, 0.2) is 158 Å². The molecule has 3 amide bonds. The first-order valence-corrected chi connectivity index (χ1v) is 24.4. The van der Waals surface area contributed by atoms with Crippen LogP contribution in [0, 0.1) is 27.9 Å². The van der Waals surface area contributed by atoms with Crippen LogP contribution >= 0.6 is 0 Å². The molecule has 4 N–H and O–H groups in total. The number of carbonyl (C=O) groups excluding carboxylic acids is 4. The topological polar surface area (TPSA) is 209 Å². The Labute approximate surface area is 421 Å². The van der Waals surface area contributed by atoms with Crippen LogP contribution in [0.5, 0.6) is 5.75 Å². The maximum absolute atomic E-state index is 16.6. The molecule has 73 heavy (non-hydrogen) atoms. The van der Waals surface area contributed by atoms with Crippen LogP contribution in [-0.2, 0) is 35.9 Å². The number of nitrogens with zero attached hydrogens (tertiary/aromatic N) is 3. The molecular weight excluding hydrogens is 929 g/mol. The highest BCUT2D eigenvalue weighted by Crippen LogP contribution is 2.66. The zero-order chi connectivity index (χ0) is 50.9. The van der Waals surface area contributed by atoms with Crippen molar-refractivity contribution in [3.8, 4) is 17.6 Å². The summed E-state index contributed by atoms with van der Waals surface area (Å²) < 4.78 is 12.4. The van der Waals surface area contributed by atoms with Crippen LogP contribution in [0.2, 0.25) is 0 Å². The van der Waals surface area contributed by atoms with Gasteiger partial charge in [-0.25, -0.2) is 9.69 Å². The highest BCUT2D eigenvalue weighted by Gasteiger charge is 2.75. The standard InChI is InChI=1S/C58H52N4O11/c63-44-27-23-42(24-28-44)52-58(45-34-37(30-33-57(69)31-12-1-2-13-32-57)22-29-46(45)60(55(58)67)56(68)72-36-38-20-25-43(26-21-38)62(70)71)48(53(65)59-35-47(64)39-14-6-3-7-15-39)50-54(66)73-51(41-18-10-5-11-19-41)49(61(50)52)40-16-8-4-9-17-40/h3-11,14-29,34,47-52,63-64,69H,1-2,12-13,31-32,35-36H2,(H,59,65). The maximum atomic E-state index is 16.6. The minimum atomic E-state index is -2.21. The second-order valence-corrected chi connectivity index (χ2v) is 19.1. The van der Waals surface area contributed by atoms with Crippen molar-refractivity contribution in [3.05, 3.63) is 207 Å². The van der Waals surface area contributed by atoms with Crippen LogP contribution in [0.4, 0.5) is 16.2 Å². The summed E-state index contributed by atoms with van der Waals surface area (Å²) >= 11 is 0. The molecule has 15 nitrogen and oxygen atoms in total. The summed E-state index contributed by atoms with van der Waals surface area (Å²) in [5, 5.41) is 48.3. The molecule has 3 aliphatic heterocycles. The van der Waals surface area contributed by atoms with Gasteiger partial charge < -0.3 is 30.1 Å². The number of hydrogen-bond donors (Lipinski definition) is 4. The van der Waals surface area contributed by atoms with Crippen molar-refractivity contribution in [3.63, 3.8) is 0 Å². The van der Waals surface area contributed by atoms with Gasteiger partial charge in [-0.1, -0.05) is 128 Å². The summed E-state index contributed by atoms with van der Waals surface area (Å²) in [7, 11) is 0. The predicted molar refractivity (Wildman–Crippen MR) is 267 cm³/mol. The number of aliphatic hydroxyl groups is 2. The van der Waals surface area contributed by atoms with E-state index in [2.05, 4.69) is 17.2 Å². The summed E-state index contributed by atoms with van der Waals surface area (Å²) in [6, 6.07) is 39.7. The minimum absolute atomic E-state index is 0.0346. The Bertz CT molecular complexity index is 3100. The first-order chi connectivity index (χ1) is 35.4. The molecule has 0 bridgehead atoms. The number of nitro groups is 1. The quantitative estimate of drug-likeness (QED) is 0.0335. The van der Waals surface area contributed by atoms with Gasteiger partial charge in [-0.2, -0.15) is 0 Å². The number of nitrogens with one attached hydrogen (secondary N) is 1. The molecule has 6 aromatic rings. The van der Waals surface area contributed by atoms with Crippen molar-refractivity contribution in [2.45, 2.75) is 86.5 Å². The molecule has 15 heteroatoms. The highest BCUT2D eigenvalue weighted by molar-refractivity contribution is 6.23. The van der Waals surface area contributed by atoms with E-state index in [1.807, 2.05) is 65.6 Å². The Kier molecular flexibility index (Phi) is 13.4. The van der Waals surface area contributed by atoms with Crippen molar-refractivity contribution in [1.82, 2.24) is 10.2 Å². The summed E-state index contributed by atoms with van der Waals surface area (Å²) in [6.07, 6.45) is 1.08. The lowest BCUT2D eigenvalue weighted by Crippen LogP contribution is -2.56. The first kappa shape index (κ1) is 48.5. The van der Waals surface area contributed by atoms with E-state index in [-0.39, 0.29) is 29.2 Å². The van der Waals surface area contributed by atoms with E-state index in [9.17, 15) is 30.2 Å². The molecule has 3 fully saturated rings. The van der Waals surface area contributed by atoms with Gasteiger partial charge in [0.1, 0.15) is 35.5 Å². The van der Waals surface area contributed by atoms with Gasteiger partial charge in [-0.15, -0.1) is 0 Å². The number of carbonyl (C=O) groups is 4. The number of nitro benzene ring substituents is 1. The Hall–Kier alpha value is -8.16. The third kappa shape index (κ3) is 9.09. The third-order valence-electron chi connectivity index (χ3n) is 14.7. The van der Waals surface area contributed by atoms with Crippen LogP contribution in [0.25, 0.3) is 0 Å².